The second-order valence-corrected chi connectivity index (χ2v) is 3.41. The summed E-state index contributed by atoms with van der Waals surface area (Å²) in [4.78, 5) is 0.986. The molecule has 0 aromatic heterocycles. The maximum absolute atomic E-state index is 11.0. The Morgan fingerprint density at radius 2 is 1.10 bits per heavy atom. The number of hydrogen-bond acceptors (Lipinski definition) is 2. The zero-order valence-corrected chi connectivity index (χ0v) is 9.58. The molecule has 0 fully saturated rings. The molecular weight excluding hydrogens is 223 g/mol. The van der Waals surface area contributed by atoms with Crippen LogP contribution in [0.1, 0.15) is 0 Å². The van der Waals surface area contributed by atoms with E-state index < -0.39 is 15.8 Å². The molecule has 0 unspecified atom stereocenters. The van der Waals surface area contributed by atoms with E-state index in [2.05, 4.69) is 0 Å². The van der Waals surface area contributed by atoms with Gasteiger partial charge < -0.3 is 4.86 Å². The fourth-order valence-corrected chi connectivity index (χ4v) is 1.09. The standard InChI is InChI=1S/F4NO2P2.K/c1-8(2,6)5-9(3,4)7;/q-1;+1. The maximum Gasteiger partial charge on any atom is 1.00 e. The van der Waals surface area contributed by atoms with Crippen LogP contribution in [0.3, 0.4) is 0 Å². The average molecular weight is 223 g/mol. The van der Waals surface area contributed by atoms with Gasteiger partial charge in [0.25, 0.3) is 0 Å². The van der Waals surface area contributed by atoms with Gasteiger partial charge >= 0.3 is 67.2 Å². The largest absolute Gasteiger partial charge is 1.00 e. The van der Waals surface area contributed by atoms with Crippen LogP contribution in [0, 0.1) is 0 Å². The smallest absolute Gasteiger partial charge is 0.434 e. The summed E-state index contributed by atoms with van der Waals surface area (Å²) in [6, 6.07) is 0. The van der Waals surface area contributed by atoms with E-state index >= 15 is 0 Å². The third-order valence-electron chi connectivity index (χ3n) is 0.208. The van der Waals surface area contributed by atoms with Crippen LogP contribution < -0.4 is 51.4 Å². The minimum absolute atomic E-state index is 0. The Hall–Kier alpha value is 1.78. The van der Waals surface area contributed by atoms with Crippen LogP contribution in [0.25, 0.3) is 4.86 Å². The van der Waals surface area contributed by atoms with Gasteiger partial charge in [-0.15, -0.1) is 0 Å². The Labute approximate surface area is 96.7 Å². The SMILES string of the molecule is O=P(F)(F)[N-]P(=O)(F)F.[K+]. The van der Waals surface area contributed by atoms with E-state index in [4.69, 9.17) is 9.13 Å². The second kappa shape index (κ2) is 4.72. The summed E-state index contributed by atoms with van der Waals surface area (Å²) < 4.78 is 62.0. The second-order valence-electron chi connectivity index (χ2n) is 0.959. The minimum atomic E-state index is -6.18. The first kappa shape index (κ1) is 14.3. The molecule has 0 aliphatic carbocycles. The van der Waals surface area contributed by atoms with Gasteiger partial charge in [0.05, 0.1) is 0 Å². The molecule has 0 spiro atoms. The van der Waals surface area contributed by atoms with Gasteiger partial charge in [0.15, 0.2) is 0 Å². The molecule has 56 valence electrons. The van der Waals surface area contributed by atoms with E-state index in [1.165, 1.54) is 0 Å². The third kappa shape index (κ3) is 12.5. The molecule has 0 saturated heterocycles. The van der Waals surface area contributed by atoms with E-state index in [1.54, 1.807) is 0 Å². The zero-order chi connectivity index (χ0) is 7.71. The van der Waals surface area contributed by atoms with Crippen molar-refractivity contribution in [1.29, 1.82) is 0 Å². The Bertz CT molecular complexity index is 162. The molecule has 0 rings (SSSR count). The molecule has 0 N–H and O–H groups in total. The van der Waals surface area contributed by atoms with Crippen molar-refractivity contribution in [2.24, 2.45) is 0 Å². The van der Waals surface area contributed by atoms with E-state index in [0.29, 0.717) is 0 Å². The van der Waals surface area contributed by atoms with Crippen molar-refractivity contribution in [3.05, 3.63) is 4.86 Å². The van der Waals surface area contributed by atoms with Crippen molar-refractivity contribution in [2.45, 2.75) is 0 Å². The predicted molar refractivity (Wildman–Crippen MR) is 23.0 cm³/mol. The fraction of sp³-hybridized carbons (Fsp3) is 0. The molecule has 0 heterocycles. The number of rotatable bonds is 2. The molecule has 0 saturated carbocycles. The van der Waals surface area contributed by atoms with Gasteiger partial charge in [-0.1, -0.05) is 0 Å². The van der Waals surface area contributed by atoms with Crippen LogP contribution in [-0.4, -0.2) is 0 Å². The van der Waals surface area contributed by atoms with Gasteiger partial charge in [0.2, 0.25) is 0 Å². The van der Waals surface area contributed by atoms with Gasteiger partial charge in [0.1, 0.15) is 0 Å². The predicted octanol–water partition coefficient (Wildman–Crippen LogP) is 0.458. The first-order valence-electron chi connectivity index (χ1n) is 1.44. The molecule has 0 aliphatic rings. The maximum atomic E-state index is 11.0. The van der Waals surface area contributed by atoms with Crippen molar-refractivity contribution < 1.29 is 77.3 Å². The van der Waals surface area contributed by atoms with Crippen LogP contribution in [0.2, 0.25) is 0 Å². The minimum Gasteiger partial charge on any atom is -0.434 e. The summed E-state index contributed by atoms with van der Waals surface area (Å²) in [7, 11) is -12.4. The van der Waals surface area contributed by atoms with Crippen LogP contribution >= 0.6 is 15.8 Å². The van der Waals surface area contributed by atoms with Gasteiger partial charge in [-0.05, 0) is 0 Å². The van der Waals surface area contributed by atoms with Crippen LogP contribution in [0.4, 0.5) is 16.8 Å². The summed E-state index contributed by atoms with van der Waals surface area (Å²) in [5.41, 5.74) is 0. The van der Waals surface area contributed by atoms with E-state index in [-0.39, 0.29) is 51.4 Å². The summed E-state index contributed by atoms with van der Waals surface area (Å²) >= 11 is 0. The first-order valence-corrected chi connectivity index (χ1v) is 4.32. The third-order valence-corrected chi connectivity index (χ3v) is 1.87. The summed E-state index contributed by atoms with van der Waals surface area (Å²) in [5.74, 6) is 0. The van der Waals surface area contributed by atoms with Crippen molar-refractivity contribution in [3.8, 4) is 0 Å². The van der Waals surface area contributed by atoms with E-state index in [1.807, 2.05) is 0 Å². The Morgan fingerprint density at radius 3 is 1.10 bits per heavy atom. The van der Waals surface area contributed by atoms with Gasteiger partial charge in [-0.2, -0.15) is 16.8 Å². The molecule has 0 atom stereocenters. The Kier molecular flexibility index (Phi) is 6.75. The molecule has 0 radical (unpaired) electrons. The van der Waals surface area contributed by atoms with Gasteiger partial charge in [0, 0.05) is 0 Å². The monoisotopic (exact) mass is 223 g/mol. The Balaban J connectivity index is 0. The zero-order valence-electron chi connectivity index (χ0n) is 4.67. The summed E-state index contributed by atoms with van der Waals surface area (Å²) in [6.45, 7) is 0. The summed E-state index contributed by atoms with van der Waals surface area (Å²) in [5, 5.41) is 0. The van der Waals surface area contributed by atoms with Crippen molar-refractivity contribution >= 4 is 15.8 Å². The molecule has 0 aliphatic heterocycles. The van der Waals surface area contributed by atoms with Crippen molar-refractivity contribution in [3.63, 3.8) is 0 Å². The Morgan fingerprint density at radius 1 is 0.900 bits per heavy atom. The van der Waals surface area contributed by atoms with E-state index in [9.17, 15) is 16.8 Å². The fourth-order valence-electron chi connectivity index (χ4n) is 0.121. The average Bonchev–Trinajstić information content (AvgIpc) is 1.14. The molecule has 10 heavy (non-hydrogen) atoms. The number of nitrogens with zero attached hydrogens (tertiary/aromatic N) is 1. The first-order chi connectivity index (χ1) is 3.71. The molecule has 10 heteroatoms. The van der Waals surface area contributed by atoms with Crippen LogP contribution in [-0.2, 0) is 9.13 Å². The van der Waals surface area contributed by atoms with E-state index in [0.717, 1.165) is 4.86 Å². The molecular formula is F4KNO2P2. The molecule has 0 aromatic rings. The van der Waals surface area contributed by atoms with Crippen LogP contribution in [0.5, 0.6) is 0 Å². The topological polar surface area (TPSA) is 48.2 Å². The number of hydrogen-bond donors (Lipinski definition) is 0. The molecule has 0 amide bonds. The van der Waals surface area contributed by atoms with Gasteiger partial charge in [-0.3, -0.25) is 9.13 Å². The molecule has 0 aromatic carbocycles. The normalized spacial score (nSPS) is 12.4. The van der Waals surface area contributed by atoms with Crippen LogP contribution in [0.15, 0.2) is 0 Å². The van der Waals surface area contributed by atoms with Crippen molar-refractivity contribution in [2.75, 3.05) is 0 Å². The van der Waals surface area contributed by atoms with Gasteiger partial charge in [-0.25, -0.2) is 0 Å². The molecule has 0 bridgehead atoms. The number of halogens is 4. The van der Waals surface area contributed by atoms with Crippen molar-refractivity contribution in [1.82, 2.24) is 0 Å². The molecule has 3 nitrogen and oxygen atoms in total. The summed E-state index contributed by atoms with van der Waals surface area (Å²) in [6.07, 6.45) is 0. The quantitative estimate of drug-likeness (QED) is 0.388.